The van der Waals surface area contributed by atoms with Gasteiger partial charge in [-0.1, -0.05) is 0 Å². The second-order valence-electron chi connectivity index (χ2n) is 1.29. The van der Waals surface area contributed by atoms with E-state index in [0.717, 1.165) is 0 Å². The highest BCUT2D eigenvalue weighted by Crippen LogP contribution is 1.89. The monoisotopic (exact) mass is 158 g/mol. The zero-order valence-corrected chi connectivity index (χ0v) is 6.48. The number of carboxylic acids is 1. The second-order valence-corrected chi connectivity index (χ2v) is 2.00. The van der Waals surface area contributed by atoms with Crippen LogP contribution in [0.15, 0.2) is 11.8 Å². The third-order valence-corrected chi connectivity index (χ3v) is 1.16. The van der Waals surface area contributed by atoms with Gasteiger partial charge >= 0.3 is 9.56 Å². The van der Waals surface area contributed by atoms with Gasteiger partial charge in [0.1, 0.15) is 11.7 Å². The predicted molar refractivity (Wildman–Crippen MR) is 31.9 cm³/mol. The number of hydrogen-bond acceptors (Lipinski definition) is 4. The quantitative estimate of drug-likeness (QED) is 0.174. The fourth-order valence-electron chi connectivity index (χ4n) is 0.317. The molecule has 1 N–H and O–H groups in total. The number of carboxylic acid groups (broad SMARTS) is 1. The van der Waals surface area contributed by atoms with E-state index in [1.54, 1.807) is 0 Å². The van der Waals surface area contributed by atoms with E-state index in [4.69, 9.17) is 5.53 Å². The standard InChI is InChI=1S/C4H6N2O3Si/c1-2-3(4(7)8)9-10-6-5/h2,5,10H,1H3. The number of nitrogens with one attached hydrogen (secondary N) is 1. The molecule has 0 amide bonds. The lowest BCUT2D eigenvalue weighted by molar-refractivity contribution is -0.302. The maximum Gasteiger partial charge on any atom is 0.771 e. The number of aliphatic carboxylic acids is 1. The Morgan fingerprint density at radius 1 is 1.90 bits per heavy atom. The van der Waals surface area contributed by atoms with Gasteiger partial charge in [0.25, 0.3) is 0 Å². The van der Waals surface area contributed by atoms with Crippen LogP contribution in [0.25, 0.3) is 0 Å². The predicted octanol–water partition coefficient (Wildman–Crippen LogP) is -1.71. The molecule has 10 heavy (non-hydrogen) atoms. The van der Waals surface area contributed by atoms with Gasteiger partial charge in [0.2, 0.25) is 0 Å². The number of carbonyl (C=O) groups excluding carboxylic acids is 1. The fraction of sp³-hybridized carbons (Fsp3) is 0.250. The third kappa shape index (κ3) is 2.90. The maximum absolute atomic E-state index is 10.0. The minimum Gasteiger partial charge on any atom is -0.542 e. The van der Waals surface area contributed by atoms with Crippen molar-refractivity contribution in [2.45, 2.75) is 6.92 Å². The van der Waals surface area contributed by atoms with Crippen LogP contribution in [0.3, 0.4) is 0 Å². The summed E-state index contributed by atoms with van der Waals surface area (Å²) in [6.07, 6.45) is 1.26. The molecule has 0 saturated heterocycles. The molecule has 0 aliphatic carbocycles. The van der Waals surface area contributed by atoms with Gasteiger partial charge in [-0.3, -0.25) is 0 Å². The van der Waals surface area contributed by atoms with Crippen molar-refractivity contribution in [3.8, 4) is 0 Å². The second kappa shape index (κ2) is 4.60. The van der Waals surface area contributed by atoms with Gasteiger partial charge in [0.05, 0.1) is 0 Å². The topological polar surface area (TPSA) is 87.3 Å². The van der Waals surface area contributed by atoms with Gasteiger partial charge in [0, 0.05) is 5.53 Å². The van der Waals surface area contributed by atoms with Crippen LogP contribution in [-0.4, -0.2) is 15.5 Å². The van der Waals surface area contributed by atoms with E-state index < -0.39 is 15.5 Å². The van der Waals surface area contributed by atoms with Crippen molar-refractivity contribution in [1.82, 2.24) is 4.43 Å². The first kappa shape index (κ1) is 8.74. The van der Waals surface area contributed by atoms with Gasteiger partial charge in [-0.05, 0) is 17.4 Å². The van der Waals surface area contributed by atoms with E-state index in [9.17, 15) is 9.90 Å². The highest BCUT2D eigenvalue weighted by atomic mass is 28.2. The lowest BCUT2D eigenvalue weighted by atomic mass is 10.5. The van der Waals surface area contributed by atoms with Crippen LogP contribution in [0.4, 0.5) is 0 Å². The molecular formula is C4H6N2O3Si. The lowest BCUT2D eigenvalue weighted by Gasteiger charge is -2.00. The molecule has 0 fully saturated rings. The molecule has 0 aromatic rings. The summed E-state index contributed by atoms with van der Waals surface area (Å²) >= 11 is 0. The molecule has 0 radical (unpaired) electrons. The summed E-state index contributed by atoms with van der Waals surface area (Å²) in [5.41, 5.74) is 6.31. The van der Waals surface area contributed by atoms with E-state index >= 15 is 0 Å². The van der Waals surface area contributed by atoms with E-state index in [0.29, 0.717) is 0 Å². The van der Waals surface area contributed by atoms with E-state index in [1.807, 2.05) is 0 Å². The molecule has 0 aliphatic heterocycles. The van der Waals surface area contributed by atoms with Crippen LogP contribution in [0.5, 0.6) is 0 Å². The Bertz CT molecular complexity index is 207. The van der Waals surface area contributed by atoms with E-state index in [2.05, 4.69) is 8.86 Å². The summed E-state index contributed by atoms with van der Waals surface area (Å²) < 4.78 is 7.42. The summed E-state index contributed by atoms with van der Waals surface area (Å²) in [5, 5.41) is 10.0. The Labute approximate surface area is 59.5 Å². The summed E-state index contributed by atoms with van der Waals surface area (Å²) in [7, 11) is -0.940. The highest BCUT2D eigenvalue weighted by Gasteiger charge is 1.98. The molecule has 0 unspecified atom stereocenters. The van der Waals surface area contributed by atoms with E-state index in [1.165, 1.54) is 13.0 Å². The number of nitrogens with zero attached hydrogens (tertiary/aromatic N) is 1. The van der Waals surface area contributed by atoms with Crippen molar-refractivity contribution in [1.29, 1.82) is 5.53 Å². The smallest absolute Gasteiger partial charge is 0.542 e. The Morgan fingerprint density at radius 2 is 2.50 bits per heavy atom. The van der Waals surface area contributed by atoms with Crippen molar-refractivity contribution >= 4 is 15.5 Å². The Kier molecular flexibility index (Phi) is 4.02. The minimum absolute atomic E-state index is 0.258. The van der Waals surface area contributed by atoms with Crippen LogP contribution in [0.1, 0.15) is 6.92 Å². The van der Waals surface area contributed by atoms with Crippen molar-refractivity contribution < 1.29 is 14.3 Å². The molecular weight excluding hydrogens is 152 g/mol. The number of hydrogen-bond donors (Lipinski definition) is 1. The van der Waals surface area contributed by atoms with Crippen molar-refractivity contribution in [3.05, 3.63) is 11.8 Å². The Balaban J connectivity index is 4.11. The highest BCUT2D eigenvalue weighted by molar-refractivity contribution is 6.12. The molecule has 0 bridgehead atoms. The first-order valence-electron chi connectivity index (χ1n) is 2.45. The minimum atomic E-state index is -1.38. The lowest BCUT2D eigenvalue weighted by Crippen LogP contribution is -2.25. The zero-order chi connectivity index (χ0) is 7.98. The molecule has 0 heterocycles. The Morgan fingerprint density at radius 3 is 2.80 bits per heavy atom. The van der Waals surface area contributed by atoms with Gasteiger partial charge in [-0.25, -0.2) is 0 Å². The van der Waals surface area contributed by atoms with Crippen LogP contribution < -0.4 is 9.54 Å². The third-order valence-electron chi connectivity index (χ3n) is 0.696. The first-order chi connectivity index (χ1) is 4.72. The summed E-state index contributed by atoms with van der Waals surface area (Å²) in [4.78, 5) is 10.0. The zero-order valence-electron chi connectivity index (χ0n) is 5.33. The van der Waals surface area contributed by atoms with E-state index in [-0.39, 0.29) is 5.76 Å². The van der Waals surface area contributed by atoms with Crippen molar-refractivity contribution in [2.24, 2.45) is 0 Å². The molecule has 0 spiro atoms. The summed E-state index contributed by atoms with van der Waals surface area (Å²) in [6, 6.07) is 0. The maximum atomic E-state index is 10.0. The average molecular weight is 158 g/mol. The Hall–Kier alpha value is -1.26. The molecule has 0 aromatic heterocycles. The van der Waals surface area contributed by atoms with Gasteiger partial charge in [-0.2, -0.15) is 0 Å². The molecule has 0 rings (SSSR count). The molecule has 6 heteroatoms. The molecule has 54 valence electrons. The molecule has 0 atom stereocenters. The van der Waals surface area contributed by atoms with Crippen molar-refractivity contribution in [2.75, 3.05) is 0 Å². The molecule has 0 aromatic carbocycles. The molecule has 0 saturated carbocycles. The van der Waals surface area contributed by atoms with Crippen molar-refractivity contribution in [3.63, 3.8) is 0 Å². The normalized spacial score (nSPS) is 9.90. The van der Waals surface area contributed by atoms with Gasteiger partial charge in [-0.15, -0.1) is 0 Å². The first-order valence-corrected chi connectivity index (χ1v) is 3.43. The van der Waals surface area contributed by atoms with Gasteiger partial charge in [0.15, 0.2) is 0 Å². The summed E-state index contributed by atoms with van der Waals surface area (Å²) in [6.45, 7) is 1.51. The molecule has 5 nitrogen and oxygen atoms in total. The van der Waals surface area contributed by atoms with Crippen LogP contribution in [0.2, 0.25) is 0 Å². The van der Waals surface area contributed by atoms with Gasteiger partial charge < -0.3 is 14.3 Å². The molecule has 0 aliphatic rings. The number of carbonyl (C=O) groups is 1. The van der Waals surface area contributed by atoms with Crippen LogP contribution in [-0.2, 0) is 9.22 Å². The number of rotatable bonds is 3. The van der Waals surface area contributed by atoms with Crippen LogP contribution in [0, 0.1) is 5.53 Å². The fourth-order valence-corrected chi connectivity index (χ4v) is 0.716. The number of allylic oxidation sites excluding steroid dienone is 1. The SMILES string of the molecule is CC=C(O[SiH]=[N+]=N)C(=O)[O-]. The summed E-state index contributed by atoms with van der Waals surface area (Å²) in [5.74, 6) is -1.63. The van der Waals surface area contributed by atoms with Crippen LogP contribution >= 0.6 is 0 Å². The largest absolute Gasteiger partial charge is 0.771 e. The average Bonchev–Trinajstić information content (AvgIpc) is 1.89.